The van der Waals surface area contributed by atoms with Crippen molar-refractivity contribution in [3.8, 4) is 11.3 Å². The predicted octanol–water partition coefficient (Wildman–Crippen LogP) is 4.86. The molecule has 0 amide bonds. The van der Waals surface area contributed by atoms with Gasteiger partial charge in [0.1, 0.15) is 5.82 Å². The Morgan fingerprint density at radius 2 is 1.82 bits per heavy atom. The first-order valence-electron chi connectivity index (χ1n) is 7.45. The van der Waals surface area contributed by atoms with Crippen LogP contribution in [0.25, 0.3) is 22.2 Å². The number of aromatic amines is 1. The van der Waals surface area contributed by atoms with Crippen LogP contribution >= 0.6 is 22.6 Å². The Bertz CT molecular complexity index is 778. The molecular weight excluding hydrogens is 390 g/mol. The molecule has 0 aliphatic heterocycles. The minimum atomic E-state index is -0.194. The van der Waals surface area contributed by atoms with E-state index in [1.807, 2.05) is 6.07 Å². The lowest BCUT2D eigenvalue weighted by Crippen LogP contribution is -1.99. The highest BCUT2D eigenvalue weighted by Crippen LogP contribution is 2.32. The second-order valence-electron chi connectivity index (χ2n) is 5.42. The van der Waals surface area contributed by atoms with Gasteiger partial charge in [0.15, 0.2) is 0 Å². The fourth-order valence-corrected chi connectivity index (χ4v) is 3.15. The molecule has 0 atom stereocenters. The number of nitrogens with one attached hydrogen (secondary N) is 1. The number of benzene rings is 2. The lowest BCUT2D eigenvalue weighted by Gasteiger charge is -2.05. The molecule has 0 saturated carbocycles. The Labute approximate surface area is 143 Å². The monoisotopic (exact) mass is 408 g/mol. The molecule has 114 valence electrons. The number of rotatable bonds is 5. The summed E-state index contributed by atoms with van der Waals surface area (Å²) in [5.74, 6) is -0.194. The number of halogens is 2. The van der Waals surface area contributed by atoms with Crippen LogP contribution in [0.15, 0.2) is 42.5 Å². The molecule has 0 saturated heterocycles. The maximum atomic E-state index is 13.6. The van der Waals surface area contributed by atoms with Crippen LogP contribution in [0.2, 0.25) is 0 Å². The standard InChI is InChI=1S/C18H18FIN2/c19-13-6-9-17-16(11-13)15(3-1-2-10-21)18(22-17)12-4-7-14(20)8-5-12/h4-9,11,22H,1-3,10,21H2. The molecule has 0 radical (unpaired) electrons. The number of hydrogen-bond acceptors (Lipinski definition) is 1. The largest absolute Gasteiger partial charge is 0.354 e. The Hall–Kier alpha value is -1.40. The van der Waals surface area contributed by atoms with Gasteiger partial charge in [0.05, 0.1) is 0 Å². The van der Waals surface area contributed by atoms with Gasteiger partial charge in [-0.3, -0.25) is 0 Å². The molecule has 2 nitrogen and oxygen atoms in total. The molecule has 0 unspecified atom stereocenters. The van der Waals surface area contributed by atoms with Crippen molar-refractivity contribution in [2.24, 2.45) is 5.73 Å². The molecule has 0 aliphatic rings. The van der Waals surface area contributed by atoms with Crippen LogP contribution in [-0.2, 0) is 6.42 Å². The molecule has 0 aliphatic carbocycles. The minimum absolute atomic E-state index is 0.194. The third-order valence-corrected chi connectivity index (χ3v) is 4.60. The summed E-state index contributed by atoms with van der Waals surface area (Å²) in [6, 6.07) is 13.3. The lowest BCUT2D eigenvalue weighted by atomic mass is 10.0. The maximum Gasteiger partial charge on any atom is 0.123 e. The molecule has 4 heteroatoms. The van der Waals surface area contributed by atoms with Crippen molar-refractivity contribution in [1.29, 1.82) is 0 Å². The first kappa shape index (κ1) is 15.5. The average molecular weight is 408 g/mol. The van der Waals surface area contributed by atoms with E-state index in [1.165, 1.54) is 15.2 Å². The first-order valence-corrected chi connectivity index (χ1v) is 8.53. The molecule has 0 spiro atoms. The van der Waals surface area contributed by atoms with E-state index in [2.05, 4.69) is 51.8 Å². The van der Waals surface area contributed by atoms with Crippen molar-refractivity contribution < 1.29 is 4.39 Å². The van der Waals surface area contributed by atoms with Crippen molar-refractivity contribution in [2.75, 3.05) is 6.54 Å². The molecule has 22 heavy (non-hydrogen) atoms. The van der Waals surface area contributed by atoms with Gasteiger partial charge in [-0.05, 0) is 89.9 Å². The van der Waals surface area contributed by atoms with Gasteiger partial charge in [-0.1, -0.05) is 12.1 Å². The van der Waals surface area contributed by atoms with E-state index < -0.39 is 0 Å². The smallest absolute Gasteiger partial charge is 0.123 e. The van der Waals surface area contributed by atoms with Crippen LogP contribution in [-0.4, -0.2) is 11.5 Å². The summed E-state index contributed by atoms with van der Waals surface area (Å²) < 4.78 is 14.8. The summed E-state index contributed by atoms with van der Waals surface area (Å²) in [6.07, 6.45) is 2.90. The van der Waals surface area contributed by atoms with Gasteiger partial charge in [0, 0.05) is 20.2 Å². The fourth-order valence-electron chi connectivity index (χ4n) is 2.79. The highest BCUT2D eigenvalue weighted by atomic mass is 127. The summed E-state index contributed by atoms with van der Waals surface area (Å²) in [5.41, 5.74) is 10.0. The van der Waals surface area contributed by atoms with Crippen LogP contribution in [0.1, 0.15) is 18.4 Å². The second-order valence-corrected chi connectivity index (χ2v) is 6.67. The third kappa shape index (κ3) is 3.17. The molecule has 1 heterocycles. The van der Waals surface area contributed by atoms with E-state index in [-0.39, 0.29) is 5.82 Å². The normalized spacial score (nSPS) is 11.2. The first-order chi connectivity index (χ1) is 10.7. The average Bonchev–Trinajstić information content (AvgIpc) is 2.86. The van der Waals surface area contributed by atoms with E-state index in [4.69, 9.17) is 5.73 Å². The minimum Gasteiger partial charge on any atom is -0.354 e. The van der Waals surface area contributed by atoms with Crippen molar-refractivity contribution in [1.82, 2.24) is 4.98 Å². The summed E-state index contributed by atoms with van der Waals surface area (Å²) in [4.78, 5) is 3.45. The Kier molecular flexibility index (Phi) is 4.78. The van der Waals surface area contributed by atoms with E-state index in [1.54, 1.807) is 6.07 Å². The van der Waals surface area contributed by atoms with Crippen LogP contribution < -0.4 is 5.73 Å². The number of unbranched alkanes of at least 4 members (excludes halogenated alkanes) is 1. The molecule has 0 fully saturated rings. The zero-order chi connectivity index (χ0) is 15.5. The molecule has 3 rings (SSSR count). The molecule has 0 bridgehead atoms. The van der Waals surface area contributed by atoms with Gasteiger partial charge < -0.3 is 10.7 Å². The van der Waals surface area contributed by atoms with Crippen LogP contribution in [0, 0.1) is 9.39 Å². The molecule has 3 aromatic rings. The van der Waals surface area contributed by atoms with E-state index in [0.29, 0.717) is 6.54 Å². The number of aromatic nitrogens is 1. The number of nitrogens with two attached hydrogens (primary N) is 1. The van der Waals surface area contributed by atoms with Gasteiger partial charge in [-0.25, -0.2) is 4.39 Å². The van der Waals surface area contributed by atoms with Gasteiger partial charge in [0.25, 0.3) is 0 Å². The second kappa shape index (κ2) is 6.79. The Balaban J connectivity index is 2.10. The Morgan fingerprint density at radius 3 is 2.55 bits per heavy atom. The zero-order valence-corrected chi connectivity index (χ0v) is 14.4. The number of hydrogen-bond donors (Lipinski definition) is 2. The van der Waals surface area contributed by atoms with E-state index in [9.17, 15) is 4.39 Å². The molecule has 1 aromatic heterocycles. The van der Waals surface area contributed by atoms with Crippen LogP contribution in [0.4, 0.5) is 4.39 Å². The maximum absolute atomic E-state index is 13.6. The summed E-state index contributed by atoms with van der Waals surface area (Å²) in [7, 11) is 0. The van der Waals surface area contributed by atoms with Gasteiger partial charge in [-0.2, -0.15) is 0 Å². The number of fused-ring (bicyclic) bond motifs is 1. The highest BCUT2D eigenvalue weighted by molar-refractivity contribution is 14.1. The van der Waals surface area contributed by atoms with Crippen molar-refractivity contribution in [2.45, 2.75) is 19.3 Å². The molecule has 3 N–H and O–H groups in total. The molecular formula is C18H18FIN2. The highest BCUT2D eigenvalue weighted by Gasteiger charge is 2.13. The van der Waals surface area contributed by atoms with Crippen molar-refractivity contribution in [3.05, 3.63) is 57.4 Å². The predicted molar refractivity (Wildman–Crippen MR) is 98.4 cm³/mol. The van der Waals surface area contributed by atoms with E-state index in [0.717, 1.165) is 41.4 Å². The van der Waals surface area contributed by atoms with Gasteiger partial charge in [-0.15, -0.1) is 0 Å². The van der Waals surface area contributed by atoms with Crippen molar-refractivity contribution >= 4 is 33.5 Å². The Morgan fingerprint density at radius 1 is 1.05 bits per heavy atom. The fraction of sp³-hybridized carbons (Fsp3) is 0.222. The lowest BCUT2D eigenvalue weighted by molar-refractivity contribution is 0.629. The molecule has 2 aromatic carbocycles. The zero-order valence-electron chi connectivity index (χ0n) is 12.2. The third-order valence-electron chi connectivity index (χ3n) is 3.88. The number of aryl methyl sites for hydroxylation is 1. The summed E-state index contributed by atoms with van der Waals surface area (Å²) >= 11 is 2.30. The SMILES string of the molecule is NCCCCc1c(-c2ccc(I)cc2)[nH]c2ccc(F)cc12. The topological polar surface area (TPSA) is 41.8 Å². The number of H-pyrrole nitrogens is 1. The quantitative estimate of drug-likeness (QED) is 0.460. The van der Waals surface area contributed by atoms with Crippen molar-refractivity contribution in [3.63, 3.8) is 0 Å². The van der Waals surface area contributed by atoms with Crippen LogP contribution in [0.3, 0.4) is 0 Å². The summed E-state index contributed by atoms with van der Waals surface area (Å²) in [5, 5.41) is 0.977. The van der Waals surface area contributed by atoms with Crippen LogP contribution in [0.5, 0.6) is 0 Å². The van der Waals surface area contributed by atoms with Gasteiger partial charge >= 0.3 is 0 Å². The van der Waals surface area contributed by atoms with Gasteiger partial charge in [0.2, 0.25) is 0 Å². The summed E-state index contributed by atoms with van der Waals surface area (Å²) in [6.45, 7) is 0.690. The van der Waals surface area contributed by atoms with E-state index >= 15 is 0 Å².